The Morgan fingerprint density at radius 3 is 2.31 bits per heavy atom. The summed E-state index contributed by atoms with van der Waals surface area (Å²) in [6.07, 6.45) is -1.17. The fourth-order valence-electron chi connectivity index (χ4n) is 2.27. The maximum absolute atomic E-state index is 12.4. The highest BCUT2D eigenvalue weighted by atomic mass is 79.9. The Labute approximate surface area is 177 Å². The summed E-state index contributed by atoms with van der Waals surface area (Å²) in [5.41, 5.74) is 0.870. The van der Waals surface area contributed by atoms with Crippen LogP contribution in [-0.2, 0) is 30.9 Å². The number of sulfonamides is 1. The van der Waals surface area contributed by atoms with E-state index in [9.17, 15) is 23.1 Å². The van der Waals surface area contributed by atoms with Crippen LogP contribution < -0.4 is 10.0 Å². The van der Waals surface area contributed by atoms with Crippen molar-refractivity contribution < 1.29 is 27.9 Å². The summed E-state index contributed by atoms with van der Waals surface area (Å²) in [7, 11) is -4.07. The van der Waals surface area contributed by atoms with Gasteiger partial charge in [0.25, 0.3) is 5.91 Å². The Morgan fingerprint density at radius 1 is 1.10 bits per heavy atom. The Bertz CT molecular complexity index is 935. The zero-order chi connectivity index (χ0) is 21.4. The van der Waals surface area contributed by atoms with E-state index < -0.39 is 40.7 Å². The van der Waals surface area contributed by atoms with E-state index in [1.807, 2.05) is 30.3 Å². The SMILES string of the molecule is C[C@@H](OC(=O)[C@@H](CO)NS(=O)(=O)c1ccc(Br)cc1)C(=O)NCc1ccccc1. The van der Waals surface area contributed by atoms with Crippen molar-refractivity contribution in [2.24, 2.45) is 0 Å². The van der Waals surface area contributed by atoms with E-state index in [-0.39, 0.29) is 11.4 Å². The molecule has 0 bridgehead atoms. The molecule has 0 saturated carbocycles. The molecule has 0 aromatic heterocycles. The number of aliphatic hydroxyl groups is 1. The summed E-state index contributed by atoms with van der Waals surface area (Å²) >= 11 is 3.20. The van der Waals surface area contributed by atoms with Crippen molar-refractivity contribution in [3.8, 4) is 0 Å². The highest BCUT2D eigenvalue weighted by Crippen LogP contribution is 2.15. The molecule has 29 heavy (non-hydrogen) atoms. The van der Waals surface area contributed by atoms with Crippen LogP contribution in [0.3, 0.4) is 0 Å². The van der Waals surface area contributed by atoms with Gasteiger partial charge in [-0.3, -0.25) is 9.59 Å². The second kappa shape index (κ2) is 10.5. The number of benzene rings is 2. The lowest BCUT2D eigenvalue weighted by atomic mass is 10.2. The van der Waals surface area contributed by atoms with Gasteiger partial charge in [-0.15, -0.1) is 0 Å². The van der Waals surface area contributed by atoms with Crippen LogP contribution in [0.15, 0.2) is 64.0 Å². The van der Waals surface area contributed by atoms with Gasteiger partial charge in [0.1, 0.15) is 6.04 Å². The summed E-state index contributed by atoms with van der Waals surface area (Å²) in [6.45, 7) is 0.782. The monoisotopic (exact) mass is 484 g/mol. The number of hydrogen-bond acceptors (Lipinski definition) is 6. The molecular formula is C19H21BrN2O6S. The van der Waals surface area contributed by atoms with Gasteiger partial charge in [-0.25, -0.2) is 8.42 Å². The van der Waals surface area contributed by atoms with E-state index in [0.717, 1.165) is 5.56 Å². The third-order valence-electron chi connectivity index (χ3n) is 3.86. The lowest BCUT2D eigenvalue weighted by Gasteiger charge is -2.19. The van der Waals surface area contributed by atoms with E-state index >= 15 is 0 Å². The van der Waals surface area contributed by atoms with E-state index in [1.165, 1.54) is 31.2 Å². The van der Waals surface area contributed by atoms with Crippen LogP contribution in [0.25, 0.3) is 0 Å². The predicted molar refractivity (Wildman–Crippen MR) is 109 cm³/mol. The van der Waals surface area contributed by atoms with Gasteiger partial charge < -0.3 is 15.2 Å². The number of carbonyl (C=O) groups excluding carboxylic acids is 2. The van der Waals surface area contributed by atoms with E-state index in [4.69, 9.17) is 4.74 Å². The first-order valence-corrected chi connectivity index (χ1v) is 10.9. The van der Waals surface area contributed by atoms with Crippen LogP contribution in [0, 0.1) is 0 Å². The van der Waals surface area contributed by atoms with Gasteiger partial charge in [0, 0.05) is 11.0 Å². The topological polar surface area (TPSA) is 122 Å². The number of amides is 1. The van der Waals surface area contributed by atoms with Crippen molar-refractivity contribution in [1.29, 1.82) is 0 Å². The molecular weight excluding hydrogens is 464 g/mol. The van der Waals surface area contributed by atoms with Gasteiger partial charge in [0.2, 0.25) is 10.0 Å². The largest absolute Gasteiger partial charge is 0.451 e. The number of nitrogens with one attached hydrogen (secondary N) is 2. The molecule has 2 aromatic carbocycles. The molecule has 0 heterocycles. The quantitative estimate of drug-likeness (QED) is 0.461. The Kier molecular flexibility index (Phi) is 8.32. The normalized spacial score (nSPS) is 13.3. The fraction of sp³-hybridized carbons (Fsp3) is 0.263. The maximum Gasteiger partial charge on any atom is 0.327 e. The number of halogens is 1. The van der Waals surface area contributed by atoms with Gasteiger partial charge in [-0.05, 0) is 36.8 Å². The average molecular weight is 485 g/mol. The molecule has 0 aliphatic heterocycles. The van der Waals surface area contributed by atoms with Gasteiger partial charge in [-0.2, -0.15) is 4.72 Å². The molecule has 156 valence electrons. The van der Waals surface area contributed by atoms with E-state index in [0.29, 0.717) is 4.47 Å². The number of carbonyl (C=O) groups is 2. The standard InChI is InChI=1S/C19H21BrN2O6S/c1-13(18(24)21-11-14-5-3-2-4-6-14)28-19(25)17(12-23)22-29(26,27)16-9-7-15(20)8-10-16/h2-10,13,17,22-23H,11-12H2,1H3,(H,21,24)/t13-,17-/m1/s1. The molecule has 0 spiro atoms. The molecule has 10 heteroatoms. The zero-order valence-electron chi connectivity index (χ0n) is 15.5. The molecule has 2 atom stereocenters. The average Bonchev–Trinajstić information content (AvgIpc) is 2.71. The molecule has 0 unspecified atom stereocenters. The van der Waals surface area contributed by atoms with E-state index in [1.54, 1.807) is 0 Å². The smallest absolute Gasteiger partial charge is 0.327 e. The lowest BCUT2D eigenvalue weighted by Crippen LogP contribution is -2.46. The Hall–Kier alpha value is -2.27. The third-order valence-corrected chi connectivity index (χ3v) is 5.88. The van der Waals surface area contributed by atoms with Gasteiger partial charge in [0.05, 0.1) is 11.5 Å². The zero-order valence-corrected chi connectivity index (χ0v) is 17.9. The number of rotatable bonds is 9. The highest BCUT2D eigenvalue weighted by molar-refractivity contribution is 9.10. The predicted octanol–water partition coefficient (Wildman–Crippen LogP) is 1.34. The first-order chi connectivity index (χ1) is 13.7. The first kappa shape index (κ1) is 23.0. The summed E-state index contributed by atoms with van der Waals surface area (Å²) in [6, 6.07) is 13.3. The molecule has 0 aliphatic rings. The van der Waals surface area contributed by atoms with Crippen LogP contribution in [0.4, 0.5) is 0 Å². The summed E-state index contributed by atoms with van der Waals surface area (Å²) in [5, 5.41) is 12.0. The molecule has 8 nitrogen and oxygen atoms in total. The lowest BCUT2D eigenvalue weighted by molar-refractivity contribution is -0.157. The minimum Gasteiger partial charge on any atom is -0.451 e. The minimum atomic E-state index is -4.07. The van der Waals surface area contributed by atoms with Gasteiger partial charge >= 0.3 is 5.97 Å². The van der Waals surface area contributed by atoms with E-state index in [2.05, 4.69) is 26.0 Å². The molecule has 2 aromatic rings. The molecule has 1 amide bonds. The second-order valence-corrected chi connectivity index (χ2v) is 8.72. The van der Waals surface area contributed by atoms with Gasteiger partial charge in [0.15, 0.2) is 6.10 Å². The fourth-order valence-corrected chi connectivity index (χ4v) is 3.71. The summed E-state index contributed by atoms with van der Waals surface area (Å²) in [5.74, 6) is -1.61. The van der Waals surface area contributed by atoms with Gasteiger partial charge in [-0.1, -0.05) is 46.3 Å². The van der Waals surface area contributed by atoms with Crippen molar-refractivity contribution >= 4 is 37.8 Å². The molecule has 0 fully saturated rings. The maximum atomic E-state index is 12.4. The number of ether oxygens (including phenoxy) is 1. The van der Waals surface area contributed by atoms with Crippen LogP contribution in [-0.4, -0.2) is 44.2 Å². The Morgan fingerprint density at radius 2 is 1.72 bits per heavy atom. The number of esters is 1. The molecule has 0 radical (unpaired) electrons. The van der Waals surface area contributed by atoms with Crippen LogP contribution in [0.2, 0.25) is 0 Å². The summed E-state index contributed by atoms with van der Waals surface area (Å²) < 4.78 is 32.5. The van der Waals surface area contributed by atoms with Crippen molar-refractivity contribution in [1.82, 2.24) is 10.0 Å². The van der Waals surface area contributed by atoms with Crippen LogP contribution in [0.5, 0.6) is 0 Å². The number of hydrogen-bond donors (Lipinski definition) is 3. The number of aliphatic hydroxyl groups excluding tert-OH is 1. The minimum absolute atomic E-state index is 0.0828. The first-order valence-electron chi connectivity index (χ1n) is 8.64. The third kappa shape index (κ3) is 6.93. The second-order valence-electron chi connectivity index (χ2n) is 6.09. The highest BCUT2D eigenvalue weighted by Gasteiger charge is 2.29. The molecule has 2 rings (SSSR count). The van der Waals surface area contributed by atoms with Crippen molar-refractivity contribution in [3.63, 3.8) is 0 Å². The van der Waals surface area contributed by atoms with Crippen molar-refractivity contribution in [2.45, 2.75) is 30.5 Å². The molecule has 3 N–H and O–H groups in total. The summed E-state index contributed by atoms with van der Waals surface area (Å²) in [4.78, 5) is 24.3. The van der Waals surface area contributed by atoms with Crippen LogP contribution in [0.1, 0.15) is 12.5 Å². The molecule has 0 aliphatic carbocycles. The Balaban J connectivity index is 1.94. The van der Waals surface area contributed by atoms with Crippen molar-refractivity contribution in [2.75, 3.05) is 6.61 Å². The molecule has 0 saturated heterocycles. The van der Waals surface area contributed by atoms with Crippen molar-refractivity contribution in [3.05, 3.63) is 64.6 Å². The van der Waals surface area contributed by atoms with Crippen LogP contribution >= 0.6 is 15.9 Å².